The molecule has 2 unspecified atom stereocenters. The predicted octanol–water partition coefficient (Wildman–Crippen LogP) is 8.13. The van der Waals surface area contributed by atoms with Crippen molar-refractivity contribution in [1.82, 2.24) is 9.80 Å². The molecule has 0 N–H and O–H groups in total. The molecule has 2 saturated heterocycles. The first-order chi connectivity index (χ1) is 17.0. The van der Waals surface area contributed by atoms with Gasteiger partial charge in [0, 0.05) is 26.1 Å². The fourth-order valence-corrected chi connectivity index (χ4v) is 6.08. The maximum absolute atomic E-state index is 13.3. The van der Waals surface area contributed by atoms with Gasteiger partial charge in [0.15, 0.2) is 0 Å². The van der Waals surface area contributed by atoms with E-state index in [0.717, 1.165) is 24.1 Å². The van der Waals surface area contributed by atoms with E-state index in [1.165, 1.54) is 4.90 Å². The Labute approximate surface area is 240 Å². The highest BCUT2D eigenvalue weighted by Crippen LogP contribution is 2.60. The van der Waals surface area contributed by atoms with Crippen molar-refractivity contribution in [2.24, 2.45) is 27.6 Å². The van der Waals surface area contributed by atoms with Crippen molar-refractivity contribution in [3.8, 4) is 0 Å². The van der Waals surface area contributed by atoms with Gasteiger partial charge in [0.1, 0.15) is 6.23 Å². The molecule has 1 aromatic rings. The Morgan fingerprint density at radius 3 is 2.08 bits per heavy atom. The van der Waals surface area contributed by atoms with Gasteiger partial charge in [0.2, 0.25) is 11.8 Å². The molecule has 0 radical (unpaired) electrons. The van der Waals surface area contributed by atoms with Gasteiger partial charge in [0.05, 0.1) is 12.5 Å². The van der Waals surface area contributed by atoms with Gasteiger partial charge < -0.3 is 4.74 Å². The van der Waals surface area contributed by atoms with Gasteiger partial charge in [-0.2, -0.15) is 0 Å². The minimum absolute atomic E-state index is 0. The maximum atomic E-state index is 13.3. The van der Waals surface area contributed by atoms with Crippen LogP contribution in [0.5, 0.6) is 0 Å². The number of imide groups is 1. The summed E-state index contributed by atoms with van der Waals surface area (Å²) in [5.41, 5.74) is 2.39. The molecule has 0 aliphatic carbocycles. The summed E-state index contributed by atoms with van der Waals surface area (Å²) in [5, 5.41) is 0. The van der Waals surface area contributed by atoms with E-state index in [9.17, 15) is 9.59 Å². The summed E-state index contributed by atoms with van der Waals surface area (Å²) in [6.07, 6.45) is 1.58. The van der Waals surface area contributed by atoms with E-state index in [1.807, 2.05) is 18.2 Å². The highest BCUT2D eigenvalue weighted by Gasteiger charge is 2.53. The average molecular weight is 543 g/mol. The van der Waals surface area contributed by atoms with Gasteiger partial charge in [-0.3, -0.25) is 19.4 Å². The first-order valence-electron chi connectivity index (χ1n) is 13.9. The number of hydrogen-bond acceptors (Lipinski definition) is 4. The molecule has 2 fully saturated rings. The van der Waals surface area contributed by atoms with Gasteiger partial charge in [-0.1, -0.05) is 120 Å². The van der Waals surface area contributed by atoms with Gasteiger partial charge in [-0.05, 0) is 40.1 Å². The molecule has 0 saturated carbocycles. The molecule has 3 rings (SSSR count). The molecular weight excluding hydrogens is 484 g/mol. The first-order valence-corrected chi connectivity index (χ1v) is 13.9. The third-order valence-electron chi connectivity index (χ3n) is 10.4. The summed E-state index contributed by atoms with van der Waals surface area (Å²) in [6.45, 7) is 27.9. The van der Waals surface area contributed by atoms with Crippen molar-refractivity contribution < 1.29 is 14.3 Å². The lowest BCUT2D eigenvalue weighted by atomic mass is 9.47. The summed E-state index contributed by atoms with van der Waals surface area (Å²) < 4.78 is 5.94. The van der Waals surface area contributed by atoms with Crippen molar-refractivity contribution >= 4 is 11.8 Å². The predicted molar refractivity (Wildman–Crippen MR) is 164 cm³/mol. The number of carbonyl (C=O) groups is 2. The molecule has 1 aromatic carbocycles. The number of carbonyl (C=O) groups excluding carboxylic acids is 2. The molecule has 222 valence electrons. The van der Waals surface area contributed by atoms with Crippen molar-refractivity contribution in [1.29, 1.82) is 0 Å². The lowest BCUT2D eigenvalue weighted by Crippen LogP contribution is -2.51. The number of ether oxygens (including phenoxy) is 1. The van der Waals surface area contributed by atoms with Crippen LogP contribution in [0, 0.1) is 27.6 Å². The number of hydrogen-bond donors (Lipinski definition) is 0. The van der Waals surface area contributed by atoms with Crippen LogP contribution in [0.2, 0.25) is 0 Å². The number of rotatable bonds is 10. The standard InChI is InChI=1S/C32H50N2O3.2CH4/c1-23(22-30(5,6)32(9,10)31(7,8)29(2,3)4)20-25-21-26(35)34(27(25)36)17-16-33-18-19-37-28(33)24-14-12-11-13-15-24;;/h11-15,25,28H,1,16-22H2,2-10H3;2*1H4. The van der Waals surface area contributed by atoms with Gasteiger partial charge >= 0.3 is 0 Å². The lowest BCUT2D eigenvalue weighted by molar-refractivity contribution is -0.139. The second kappa shape index (κ2) is 12.7. The van der Waals surface area contributed by atoms with E-state index in [1.54, 1.807) is 0 Å². The van der Waals surface area contributed by atoms with Crippen LogP contribution in [0.25, 0.3) is 0 Å². The zero-order valence-corrected chi connectivity index (χ0v) is 24.8. The van der Waals surface area contributed by atoms with Crippen LogP contribution in [0.1, 0.15) is 108 Å². The van der Waals surface area contributed by atoms with Crippen molar-refractivity contribution in [3.05, 3.63) is 48.0 Å². The molecule has 5 nitrogen and oxygen atoms in total. The Morgan fingerprint density at radius 2 is 1.51 bits per heavy atom. The van der Waals surface area contributed by atoms with E-state index in [2.05, 4.69) is 85.9 Å². The Balaban J connectivity index is 0.00000380. The van der Waals surface area contributed by atoms with Gasteiger partial charge in [-0.15, -0.1) is 0 Å². The smallest absolute Gasteiger partial charge is 0.233 e. The van der Waals surface area contributed by atoms with E-state index in [-0.39, 0.29) is 66.9 Å². The van der Waals surface area contributed by atoms with Crippen LogP contribution < -0.4 is 0 Å². The average Bonchev–Trinajstić information content (AvgIpc) is 3.35. The summed E-state index contributed by atoms with van der Waals surface area (Å²) in [7, 11) is 0. The lowest BCUT2D eigenvalue weighted by Gasteiger charge is -2.58. The minimum Gasteiger partial charge on any atom is -0.358 e. The first kappa shape index (κ1) is 35.0. The fraction of sp³-hybridized carbons (Fsp3) is 0.706. The van der Waals surface area contributed by atoms with Gasteiger partial charge in [-0.25, -0.2) is 0 Å². The number of likely N-dealkylation sites (tertiary alicyclic amines) is 1. The molecule has 2 aliphatic rings. The van der Waals surface area contributed by atoms with E-state index < -0.39 is 0 Å². The SMILES string of the molecule is C.C.C=C(CC1CC(=O)N(CCN2CCOC2c2ccccc2)C1=O)CC(C)(C)C(C)(C)C(C)(C)C(C)(C)C. The fourth-order valence-electron chi connectivity index (χ4n) is 6.08. The molecule has 39 heavy (non-hydrogen) atoms. The van der Waals surface area contributed by atoms with Crippen LogP contribution in [0.15, 0.2) is 42.5 Å². The van der Waals surface area contributed by atoms with Crippen LogP contribution >= 0.6 is 0 Å². The molecule has 0 bridgehead atoms. The highest BCUT2D eigenvalue weighted by molar-refractivity contribution is 6.03. The van der Waals surface area contributed by atoms with Crippen molar-refractivity contribution in [3.63, 3.8) is 0 Å². The summed E-state index contributed by atoms with van der Waals surface area (Å²) in [6, 6.07) is 10.1. The Morgan fingerprint density at radius 1 is 0.923 bits per heavy atom. The van der Waals surface area contributed by atoms with Crippen molar-refractivity contribution in [2.75, 3.05) is 26.2 Å². The quantitative estimate of drug-likeness (QED) is 0.221. The third-order valence-corrected chi connectivity index (χ3v) is 10.4. The summed E-state index contributed by atoms with van der Waals surface area (Å²) >= 11 is 0. The second-order valence-electron chi connectivity index (χ2n) is 14.0. The van der Waals surface area contributed by atoms with E-state index in [0.29, 0.717) is 26.1 Å². The maximum Gasteiger partial charge on any atom is 0.233 e. The molecule has 0 spiro atoms. The molecule has 5 heteroatoms. The number of allylic oxidation sites excluding steroid dienone is 1. The third kappa shape index (κ3) is 7.03. The number of nitrogens with zero attached hydrogens (tertiary/aromatic N) is 2. The minimum atomic E-state index is -0.297. The van der Waals surface area contributed by atoms with Crippen molar-refractivity contribution in [2.45, 2.75) is 103 Å². The molecule has 2 atom stereocenters. The normalized spacial score (nSPS) is 21.1. The van der Waals surface area contributed by atoms with Crippen LogP contribution in [-0.4, -0.2) is 47.9 Å². The number of amides is 2. The molecule has 2 aliphatic heterocycles. The monoisotopic (exact) mass is 542 g/mol. The molecular formula is C34H58N2O3. The highest BCUT2D eigenvalue weighted by atomic mass is 16.5. The zero-order chi connectivity index (χ0) is 27.8. The molecule has 2 amide bonds. The van der Waals surface area contributed by atoms with Crippen LogP contribution in [0.3, 0.4) is 0 Å². The largest absolute Gasteiger partial charge is 0.358 e. The van der Waals surface area contributed by atoms with Crippen LogP contribution in [0.4, 0.5) is 0 Å². The Kier molecular flexibility index (Phi) is 11.4. The molecule has 2 heterocycles. The van der Waals surface area contributed by atoms with E-state index in [4.69, 9.17) is 4.74 Å². The van der Waals surface area contributed by atoms with E-state index >= 15 is 0 Å². The Bertz CT molecular complexity index is 987. The molecule has 0 aromatic heterocycles. The number of benzene rings is 1. The topological polar surface area (TPSA) is 49.9 Å². The second-order valence-corrected chi connectivity index (χ2v) is 14.0. The summed E-state index contributed by atoms with van der Waals surface area (Å²) in [5.74, 6) is -0.406. The van der Waals surface area contributed by atoms with Gasteiger partial charge in [0.25, 0.3) is 0 Å². The summed E-state index contributed by atoms with van der Waals surface area (Å²) in [4.78, 5) is 29.8. The Hall–Kier alpha value is -1.98. The van der Waals surface area contributed by atoms with Crippen LogP contribution in [-0.2, 0) is 14.3 Å². The zero-order valence-electron chi connectivity index (χ0n) is 24.8.